The van der Waals surface area contributed by atoms with Gasteiger partial charge in [0.1, 0.15) is 6.29 Å². The maximum atomic E-state index is 10.5. The minimum absolute atomic E-state index is 0.690. The maximum Gasteiger partial charge on any atom is 0.119 e. The summed E-state index contributed by atoms with van der Waals surface area (Å²) >= 11 is 4.11. The fourth-order valence-electron chi connectivity index (χ4n) is 2.68. The van der Waals surface area contributed by atoms with E-state index in [0.717, 1.165) is 30.6 Å². The highest BCUT2D eigenvalue weighted by atomic mass is 32.2. The van der Waals surface area contributed by atoms with Gasteiger partial charge in [-0.15, -0.1) is 0 Å². The highest BCUT2D eigenvalue weighted by Crippen LogP contribution is 2.27. The highest BCUT2D eigenvalue weighted by molar-refractivity contribution is 7.99. The summed E-state index contributed by atoms with van der Waals surface area (Å²) in [5, 5.41) is 0.690. The summed E-state index contributed by atoms with van der Waals surface area (Å²) in [7, 11) is 0. The molecule has 0 aromatic heterocycles. The number of thioether (sulfide) groups is 2. The van der Waals surface area contributed by atoms with E-state index in [1.54, 1.807) is 0 Å². The fourth-order valence-corrected chi connectivity index (χ4v) is 5.09. The maximum absolute atomic E-state index is 10.5. The lowest BCUT2D eigenvalue weighted by atomic mass is 10.1. The molecule has 0 aliphatic rings. The van der Waals surface area contributed by atoms with Gasteiger partial charge >= 0.3 is 0 Å². The van der Waals surface area contributed by atoms with Crippen molar-refractivity contribution in [1.29, 1.82) is 0 Å². The molecule has 0 heterocycles. The van der Waals surface area contributed by atoms with Crippen LogP contribution < -0.4 is 0 Å². The van der Waals surface area contributed by atoms with E-state index in [9.17, 15) is 4.79 Å². The van der Waals surface area contributed by atoms with Gasteiger partial charge < -0.3 is 4.79 Å². The van der Waals surface area contributed by atoms with E-state index < -0.39 is 0 Å². The molecule has 1 atom stereocenters. The zero-order valence-electron chi connectivity index (χ0n) is 14.8. The molecule has 1 unspecified atom stereocenters. The summed E-state index contributed by atoms with van der Waals surface area (Å²) in [4.78, 5) is 10.5. The van der Waals surface area contributed by atoms with Gasteiger partial charge in [0.2, 0.25) is 0 Å². The average Bonchev–Trinajstić information content (AvgIpc) is 2.67. The summed E-state index contributed by atoms with van der Waals surface area (Å²) < 4.78 is 0. The van der Waals surface area contributed by atoms with E-state index in [0.29, 0.717) is 11.7 Å². The Hall–Kier alpha value is -1.19. The number of unbranched alkanes of at least 4 members (excludes halogenated alkanes) is 2. The Morgan fingerprint density at radius 2 is 1.44 bits per heavy atom. The van der Waals surface area contributed by atoms with Gasteiger partial charge in [0.25, 0.3) is 0 Å². The first kappa shape index (κ1) is 20.1. The van der Waals surface area contributed by atoms with Gasteiger partial charge in [-0.05, 0) is 36.1 Å². The van der Waals surface area contributed by atoms with Gasteiger partial charge in [-0.1, -0.05) is 67.1 Å². The molecule has 25 heavy (non-hydrogen) atoms. The van der Waals surface area contributed by atoms with Crippen LogP contribution in [0.15, 0.2) is 60.7 Å². The van der Waals surface area contributed by atoms with Crippen LogP contribution in [0.4, 0.5) is 0 Å². The van der Waals surface area contributed by atoms with Crippen molar-refractivity contribution in [2.24, 2.45) is 0 Å². The minimum Gasteiger partial charge on any atom is -0.303 e. The third-order valence-corrected chi connectivity index (χ3v) is 6.63. The summed E-state index contributed by atoms with van der Waals surface area (Å²) in [6.45, 7) is 0. The molecule has 0 amide bonds. The predicted octanol–water partition coefficient (Wildman–Crippen LogP) is 6.37. The molecule has 0 spiro atoms. The van der Waals surface area contributed by atoms with Crippen molar-refractivity contribution in [3.05, 3.63) is 71.8 Å². The van der Waals surface area contributed by atoms with Crippen molar-refractivity contribution >= 4 is 29.8 Å². The Morgan fingerprint density at radius 3 is 2.08 bits per heavy atom. The summed E-state index contributed by atoms with van der Waals surface area (Å²) in [6, 6.07) is 21.4. The fraction of sp³-hybridized carbons (Fsp3) is 0.409. The van der Waals surface area contributed by atoms with Crippen LogP contribution in [0.3, 0.4) is 0 Å². The lowest BCUT2D eigenvalue weighted by molar-refractivity contribution is -0.107. The summed E-state index contributed by atoms with van der Waals surface area (Å²) in [5.41, 5.74) is 2.81. The van der Waals surface area contributed by atoms with Gasteiger partial charge in [-0.25, -0.2) is 0 Å². The molecule has 1 nitrogen and oxygen atoms in total. The second-order valence-electron chi connectivity index (χ2n) is 6.20. The second kappa shape index (κ2) is 13.1. The molecule has 0 aliphatic carbocycles. The van der Waals surface area contributed by atoms with Crippen molar-refractivity contribution in [2.45, 2.75) is 48.9 Å². The van der Waals surface area contributed by atoms with Crippen molar-refractivity contribution in [3.63, 3.8) is 0 Å². The largest absolute Gasteiger partial charge is 0.303 e. The van der Waals surface area contributed by atoms with E-state index in [1.165, 1.54) is 29.7 Å². The molecule has 0 bridgehead atoms. The van der Waals surface area contributed by atoms with Crippen LogP contribution in [0.5, 0.6) is 0 Å². The molecule has 0 fully saturated rings. The molecule has 2 aromatic carbocycles. The van der Waals surface area contributed by atoms with Gasteiger partial charge in [-0.2, -0.15) is 23.5 Å². The number of hydrogen-bond donors (Lipinski definition) is 0. The molecule has 0 N–H and O–H groups in total. The highest BCUT2D eigenvalue weighted by Gasteiger charge is 2.10. The predicted molar refractivity (Wildman–Crippen MR) is 113 cm³/mol. The Kier molecular flexibility index (Phi) is 10.5. The zero-order chi connectivity index (χ0) is 17.6. The van der Waals surface area contributed by atoms with Crippen molar-refractivity contribution in [1.82, 2.24) is 0 Å². The first-order valence-electron chi connectivity index (χ1n) is 9.09. The number of carbonyl (C=O) groups is 1. The number of hydrogen-bond acceptors (Lipinski definition) is 3. The average molecular weight is 373 g/mol. The monoisotopic (exact) mass is 372 g/mol. The lowest BCUT2D eigenvalue weighted by Gasteiger charge is -2.16. The SMILES string of the molecule is O=CCCCCC(CCSCc1ccccc1)SCc1ccccc1. The van der Waals surface area contributed by atoms with E-state index >= 15 is 0 Å². The molecule has 0 aliphatic heterocycles. The van der Waals surface area contributed by atoms with Crippen molar-refractivity contribution in [2.75, 3.05) is 5.75 Å². The molecule has 0 radical (unpaired) electrons. The Balaban J connectivity index is 1.71. The van der Waals surface area contributed by atoms with Crippen LogP contribution >= 0.6 is 23.5 Å². The van der Waals surface area contributed by atoms with Crippen LogP contribution in [-0.2, 0) is 16.3 Å². The molecule has 0 saturated heterocycles. The Morgan fingerprint density at radius 1 is 0.800 bits per heavy atom. The van der Waals surface area contributed by atoms with Crippen LogP contribution in [0.1, 0.15) is 43.2 Å². The molecular formula is C22H28OS2. The third-order valence-electron chi connectivity index (χ3n) is 4.12. The second-order valence-corrected chi connectivity index (χ2v) is 8.59. The van der Waals surface area contributed by atoms with Crippen molar-refractivity contribution < 1.29 is 4.79 Å². The normalized spacial score (nSPS) is 12.0. The van der Waals surface area contributed by atoms with E-state index in [-0.39, 0.29) is 0 Å². The van der Waals surface area contributed by atoms with Crippen LogP contribution in [0.25, 0.3) is 0 Å². The summed E-state index contributed by atoms with van der Waals surface area (Å²) in [5.74, 6) is 3.39. The number of benzene rings is 2. The molecular weight excluding hydrogens is 344 g/mol. The van der Waals surface area contributed by atoms with Crippen LogP contribution in [0, 0.1) is 0 Å². The first-order chi connectivity index (χ1) is 12.4. The lowest BCUT2D eigenvalue weighted by Crippen LogP contribution is -2.05. The van der Waals surface area contributed by atoms with Crippen molar-refractivity contribution in [3.8, 4) is 0 Å². The third kappa shape index (κ3) is 9.18. The summed E-state index contributed by atoms with van der Waals surface area (Å²) in [6.07, 6.45) is 6.41. The first-order valence-corrected chi connectivity index (χ1v) is 11.3. The number of carbonyl (C=O) groups excluding carboxylic acids is 1. The number of rotatable bonds is 13. The van der Waals surface area contributed by atoms with Crippen LogP contribution in [0.2, 0.25) is 0 Å². The van der Waals surface area contributed by atoms with Crippen LogP contribution in [-0.4, -0.2) is 17.3 Å². The van der Waals surface area contributed by atoms with Gasteiger partial charge in [-0.3, -0.25) is 0 Å². The molecule has 3 heteroatoms. The molecule has 2 rings (SSSR count). The molecule has 2 aromatic rings. The van der Waals surface area contributed by atoms with E-state index in [1.807, 2.05) is 11.8 Å². The Bertz CT molecular complexity index is 571. The Labute approximate surface area is 161 Å². The van der Waals surface area contributed by atoms with E-state index in [2.05, 4.69) is 72.4 Å². The zero-order valence-corrected chi connectivity index (χ0v) is 16.4. The number of aldehydes is 1. The standard InChI is InChI=1S/C22H28OS2/c23-16-9-3-8-14-22(25-19-21-12-6-2-7-13-21)15-17-24-18-20-10-4-1-5-11-20/h1-2,4-7,10-13,16,22H,3,8-9,14-15,17-19H2. The van der Waals surface area contributed by atoms with Gasteiger partial charge in [0, 0.05) is 23.2 Å². The molecule has 0 saturated carbocycles. The minimum atomic E-state index is 0.690. The van der Waals surface area contributed by atoms with E-state index in [4.69, 9.17) is 0 Å². The van der Waals surface area contributed by atoms with Gasteiger partial charge in [0.05, 0.1) is 0 Å². The van der Waals surface area contributed by atoms with Gasteiger partial charge in [0.15, 0.2) is 0 Å². The molecule has 134 valence electrons. The smallest absolute Gasteiger partial charge is 0.119 e. The quantitative estimate of drug-likeness (QED) is 0.300. The topological polar surface area (TPSA) is 17.1 Å².